The summed E-state index contributed by atoms with van der Waals surface area (Å²) >= 11 is 0. The Labute approximate surface area is 105 Å². The number of nitrogens with one attached hydrogen (secondary N) is 1. The Morgan fingerprint density at radius 3 is 2.24 bits per heavy atom. The molecule has 2 aliphatic rings. The van der Waals surface area contributed by atoms with E-state index >= 15 is 0 Å². The number of ether oxygens (including phenoxy) is 1. The largest absolute Gasteiger partial charge is 0.394 e. The minimum absolute atomic E-state index is 0.0697. The maximum atomic E-state index is 9.69. The molecule has 2 rings (SSSR count). The van der Waals surface area contributed by atoms with Crippen LogP contribution in [0.25, 0.3) is 0 Å². The molecule has 0 radical (unpaired) electrons. The second-order valence-electron chi connectivity index (χ2n) is 6.31. The summed E-state index contributed by atoms with van der Waals surface area (Å²) < 4.78 is 5.41. The summed E-state index contributed by atoms with van der Waals surface area (Å²) in [7, 11) is 0. The molecule has 0 aromatic carbocycles. The predicted molar refractivity (Wildman–Crippen MR) is 69.0 cm³/mol. The first-order valence-electron chi connectivity index (χ1n) is 7.10. The molecular weight excluding hydrogens is 214 g/mol. The minimum Gasteiger partial charge on any atom is -0.394 e. The van der Waals surface area contributed by atoms with Crippen molar-refractivity contribution in [1.29, 1.82) is 0 Å². The molecular formula is C14H27NO2. The van der Waals surface area contributed by atoms with Crippen molar-refractivity contribution in [3.63, 3.8) is 0 Å². The monoisotopic (exact) mass is 241 g/mol. The van der Waals surface area contributed by atoms with Crippen LogP contribution in [-0.2, 0) is 4.74 Å². The lowest BCUT2D eigenvalue weighted by molar-refractivity contribution is 0.00137. The third kappa shape index (κ3) is 3.43. The van der Waals surface area contributed by atoms with Crippen molar-refractivity contribution >= 4 is 0 Å². The minimum atomic E-state index is -0.0697. The summed E-state index contributed by atoms with van der Waals surface area (Å²) in [5, 5.41) is 13.4. The van der Waals surface area contributed by atoms with Gasteiger partial charge in [0.15, 0.2) is 0 Å². The number of hydrogen-bond donors (Lipinski definition) is 2. The SMILES string of the molecule is CC1CC(C)CC(NC2(CO)CCOCC2)C1. The van der Waals surface area contributed by atoms with Crippen LogP contribution in [-0.4, -0.2) is 36.5 Å². The molecule has 0 spiro atoms. The maximum Gasteiger partial charge on any atom is 0.0615 e. The van der Waals surface area contributed by atoms with E-state index in [2.05, 4.69) is 19.2 Å². The molecule has 1 saturated heterocycles. The lowest BCUT2D eigenvalue weighted by Crippen LogP contribution is -2.57. The van der Waals surface area contributed by atoms with E-state index in [1.807, 2.05) is 0 Å². The standard InChI is InChI=1S/C14H27NO2/c1-11-7-12(2)9-13(8-11)15-14(10-16)3-5-17-6-4-14/h11-13,15-16H,3-10H2,1-2H3. The molecule has 17 heavy (non-hydrogen) atoms. The van der Waals surface area contributed by atoms with E-state index < -0.39 is 0 Å². The van der Waals surface area contributed by atoms with E-state index in [0.717, 1.165) is 37.9 Å². The zero-order chi connectivity index (χ0) is 12.3. The van der Waals surface area contributed by atoms with Gasteiger partial charge in [0.05, 0.1) is 6.61 Å². The molecule has 0 bridgehead atoms. The average molecular weight is 241 g/mol. The molecule has 100 valence electrons. The maximum absolute atomic E-state index is 9.69. The average Bonchev–Trinajstić information content (AvgIpc) is 2.29. The molecule has 2 fully saturated rings. The van der Waals surface area contributed by atoms with Crippen molar-refractivity contribution in [2.75, 3.05) is 19.8 Å². The number of hydrogen-bond acceptors (Lipinski definition) is 3. The van der Waals surface area contributed by atoms with Gasteiger partial charge in [-0.25, -0.2) is 0 Å². The van der Waals surface area contributed by atoms with Gasteiger partial charge in [0.2, 0.25) is 0 Å². The van der Waals surface area contributed by atoms with Crippen molar-refractivity contribution in [3.8, 4) is 0 Å². The summed E-state index contributed by atoms with van der Waals surface area (Å²) in [6, 6.07) is 0.582. The Morgan fingerprint density at radius 2 is 1.71 bits per heavy atom. The van der Waals surface area contributed by atoms with E-state index in [1.165, 1.54) is 19.3 Å². The highest BCUT2D eigenvalue weighted by molar-refractivity contribution is 4.94. The molecule has 0 aromatic heterocycles. The fourth-order valence-corrected chi connectivity index (χ4v) is 3.61. The molecule has 1 saturated carbocycles. The third-order valence-electron chi connectivity index (χ3n) is 4.44. The van der Waals surface area contributed by atoms with Gasteiger partial charge in [-0.1, -0.05) is 13.8 Å². The van der Waals surface area contributed by atoms with Crippen LogP contribution in [0.5, 0.6) is 0 Å². The van der Waals surface area contributed by atoms with Crippen molar-refractivity contribution in [2.24, 2.45) is 11.8 Å². The summed E-state index contributed by atoms with van der Waals surface area (Å²) in [5.41, 5.74) is -0.0697. The van der Waals surface area contributed by atoms with Gasteiger partial charge in [0.25, 0.3) is 0 Å². The van der Waals surface area contributed by atoms with Crippen LogP contribution in [0.3, 0.4) is 0 Å². The molecule has 1 aliphatic carbocycles. The zero-order valence-electron chi connectivity index (χ0n) is 11.2. The molecule has 2 atom stereocenters. The van der Waals surface area contributed by atoms with Crippen LogP contribution in [0.1, 0.15) is 46.0 Å². The van der Waals surface area contributed by atoms with Gasteiger partial charge in [-0.2, -0.15) is 0 Å². The first kappa shape index (κ1) is 13.3. The fourth-order valence-electron chi connectivity index (χ4n) is 3.61. The van der Waals surface area contributed by atoms with Crippen molar-refractivity contribution < 1.29 is 9.84 Å². The molecule has 1 heterocycles. The van der Waals surface area contributed by atoms with Crippen LogP contribution in [0.15, 0.2) is 0 Å². The second kappa shape index (κ2) is 5.68. The van der Waals surface area contributed by atoms with Crippen LogP contribution in [0, 0.1) is 11.8 Å². The summed E-state index contributed by atoms with van der Waals surface area (Å²) in [6.45, 7) is 6.51. The van der Waals surface area contributed by atoms with E-state index in [0.29, 0.717) is 6.04 Å². The van der Waals surface area contributed by atoms with E-state index in [1.54, 1.807) is 0 Å². The van der Waals surface area contributed by atoms with Gasteiger partial charge >= 0.3 is 0 Å². The topological polar surface area (TPSA) is 41.5 Å². The van der Waals surface area contributed by atoms with Gasteiger partial charge in [0.1, 0.15) is 0 Å². The molecule has 1 aliphatic heterocycles. The number of aliphatic hydroxyl groups is 1. The van der Waals surface area contributed by atoms with Crippen molar-refractivity contribution in [3.05, 3.63) is 0 Å². The highest BCUT2D eigenvalue weighted by Crippen LogP contribution is 2.31. The highest BCUT2D eigenvalue weighted by Gasteiger charge is 2.35. The molecule has 3 nitrogen and oxygen atoms in total. The van der Waals surface area contributed by atoms with Crippen LogP contribution >= 0.6 is 0 Å². The molecule has 2 unspecified atom stereocenters. The van der Waals surface area contributed by atoms with Gasteiger partial charge in [0, 0.05) is 24.8 Å². The lowest BCUT2D eigenvalue weighted by atomic mass is 9.78. The highest BCUT2D eigenvalue weighted by atomic mass is 16.5. The fraction of sp³-hybridized carbons (Fsp3) is 1.00. The zero-order valence-corrected chi connectivity index (χ0v) is 11.2. The molecule has 2 N–H and O–H groups in total. The second-order valence-corrected chi connectivity index (χ2v) is 6.31. The first-order valence-corrected chi connectivity index (χ1v) is 7.10. The Kier molecular flexibility index (Phi) is 4.45. The Morgan fingerprint density at radius 1 is 1.12 bits per heavy atom. The van der Waals surface area contributed by atoms with Gasteiger partial charge < -0.3 is 15.2 Å². The van der Waals surface area contributed by atoms with E-state index in [9.17, 15) is 5.11 Å². The van der Waals surface area contributed by atoms with E-state index in [4.69, 9.17) is 4.74 Å². The first-order chi connectivity index (χ1) is 8.13. The normalized spacial score (nSPS) is 37.9. The Hall–Kier alpha value is -0.120. The van der Waals surface area contributed by atoms with E-state index in [-0.39, 0.29) is 12.1 Å². The molecule has 0 aromatic rings. The van der Waals surface area contributed by atoms with Gasteiger partial charge in [-0.3, -0.25) is 0 Å². The third-order valence-corrected chi connectivity index (χ3v) is 4.44. The lowest BCUT2D eigenvalue weighted by Gasteiger charge is -2.42. The number of rotatable bonds is 3. The van der Waals surface area contributed by atoms with Crippen LogP contribution in [0.4, 0.5) is 0 Å². The summed E-state index contributed by atoms with van der Waals surface area (Å²) in [5.74, 6) is 1.62. The molecule has 3 heteroatoms. The smallest absolute Gasteiger partial charge is 0.0615 e. The Balaban J connectivity index is 1.93. The molecule has 0 amide bonds. The number of aliphatic hydroxyl groups excluding tert-OH is 1. The summed E-state index contributed by atoms with van der Waals surface area (Å²) in [4.78, 5) is 0. The van der Waals surface area contributed by atoms with Gasteiger partial charge in [-0.05, 0) is 43.9 Å². The van der Waals surface area contributed by atoms with Crippen molar-refractivity contribution in [1.82, 2.24) is 5.32 Å². The predicted octanol–water partition coefficient (Wildman–Crippen LogP) is 1.94. The quantitative estimate of drug-likeness (QED) is 0.793. The van der Waals surface area contributed by atoms with Crippen LogP contribution < -0.4 is 5.32 Å². The Bertz CT molecular complexity index is 228. The summed E-state index contributed by atoms with van der Waals surface area (Å²) in [6.07, 6.45) is 5.76. The van der Waals surface area contributed by atoms with Crippen LogP contribution in [0.2, 0.25) is 0 Å². The van der Waals surface area contributed by atoms with Gasteiger partial charge in [-0.15, -0.1) is 0 Å². The van der Waals surface area contributed by atoms with Crippen molar-refractivity contribution in [2.45, 2.75) is 57.5 Å².